The van der Waals surface area contributed by atoms with Crippen LogP contribution in [0.3, 0.4) is 0 Å². The standard InChI is InChI=1S/C19H19N3O3/c1-12(2)17(23)15-16(14-6-4-8-21-10-14)22(19(25)18(15)24)11-13-5-3-7-20-9-13/h3-10,12,16,24H,11H2,1-2H3. The van der Waals surface area contributed by atoms with Crippen LogP contribution >= 0.6 is 0 Å². The van der Waals surface area contributed by atoms with Crippen LogP contribution in [-0.2, 0) is 16.1 Å². The zero-order valence-electron chi connectivity index (χ0n) is 14.1. The highest BCUT2D eigenvalue weighted by Crippen LogP contribution is 2.39. The second-order valence-electron chi connectivity index (χ2n) is 6.26. The van der Waals surface area contributed by atoms with E-state index in [-0.39, 0.29) is 23.8 Å². The Balaban J connectivity index is 2.06. The second-order valence-corrected chi connectivity index (χ2v) is 6.26. The molecule has 1 aliphatic rings. The minimum absolute atomic E-state index is 0.136. The van der Waals surface area contributed by atoms with Gasteiger partial charge in [-0.25, -0.2) is 0 Å². The number of carbonyl (C=O) groups excluding carboxylic acids is 2. The van der Waals surface area contributed by atoms with Crippen molar-refractivity contribution >= 4 is 11.7 Å². The lowest BCUT2D eigenvalue weighted by Crippen LogP contribution is -2.31. The lowest BCUT2D eigenvalue weighted by molar-refractivity contribution is -0.130. The summed E-state index contributed by atoms with van der Waals surface area (Å²) >= 11 is 0. The van der Waals surface area contributed by atoms with Crippen LogP contribution in [0.4, 0.5) is 0 Å². The molecular weight excluding hydrogens is 318 g/mol. The fourth-order valence-corrected chi connectivity index (χ4v) is 2.95. The molecule has 1 aliphatic heterocycles. The third kappa shape index (κ3) is 3.15. The van der Waals surface area contributed by atoms with Gasteiger partial charge < -0.3 is 10.0 Å². The van der Waals surface area contributed by atoms with Gasteiger partial charge in [0.1, 0.15) is 0 Å². The lowest BCUT2D eigenvalue weighted by atomic mass is 9.92. The summed E-state index contributed by atoms with van der Waals surface area (Å²) < 4.78 is 0. The molecule has 0 saturated heterocycles. The number of hydrogen-bond donors (Lipinski definition) is 1. The van der Waals surface area contributed by atoms with Crippen LogP contribution in [-0.4, -0.2) is 31.7 Å². The van der Waals surface area contributed by atoms with Crippen molar-refractivity contribution in [1.29, 1.82) is 0 Å². The summed E-state index contributed by atoms with van der Waals surface area (Å²) in [6.45, 7) is 3.74. The molecule has 1 unspecified atom stereocenters. The number of aromatic nitrogens is 2. The van der Waals surface area contributed by atoms with E-state index in [0.717, 1.165) is 5.56 Å². The molecule has 0 radical (unpaired) electrons. The Morgan fingerprint density at radius 3 is 2.44 bits per heavy atom. The van der Waals surface area contributed by atoms with Gasteiger partial charge in [-0.15, -0.1) is 0 Å². The third-order valence-electron chi connectivity index (χ3n) is 4.17. The van der Waals surface area contributed by atoms with Crippen molar-refractivity contribution in [2.45, 2.75) is 26.4 Å². The van der Waals surface area contributed by atoms with Gasteiger partial charge in [0.2, 0.25) is 0 Å². The zero-order chi connectivity index (χ0) is 18.0. The fraction of sp³-hybridized carbons (Fsp3) is 0.263. The molecule has 3 rings (SSSR count). The zero-order valence-corrected chi connectivity index (χ0v) is 14.1. The highest BCUT2D eigenvalue weighted by atomic mass is 16.3. The number of aliphatic hydroxyl groups is 1. The number of hydrogen-bond acceptors (Lipinski definition) is 5. The molecule has 6 nitrogen and oxygen atoms in total. The highest BCUT2D eigenvalue weighted by molar-refractivity contribution is 6.09. The average molecular weight is 337 g/mol. The predicted octanol–water partition coefficient (Wildman–Crippen LogP) is 2.60. The van der Waals surface area contributed by atoms with Crippen LogP contribution in [0.1, 0.15) is 31.0 Å². The first kappa shape index (κ1) is 16.8. The van der Waals surface area contributed by atoms with Gasteiger partial charge in [-0.05, 0) is 23.3 Å². The Labute approximate surface area is 145 Å². The monoisotopic (exact) mass is 337 g/mol. The molecule has 25 heavy (non-hydrogen) atoms. The van der Waals surface area contributed by atoms with Gasteiger partial charge >= 0.3 is 0 Å². The molecule has 0 spiro atoms. The summed E-state index contributed by atoms with van der Waals surface area (Å²) in [5.74, 6) is -1.60. The Bertz CT molecular complexity index is 816. The quantitative estimate of drug-likeness (QED) is 0.907. The molecule has 0 saturated carbocycles. The molecule has 2 aromatic rings. The Kier molecular flexibility index (Phi) is 4.61. The highest BCUT2D eigenvalue weighted by Gasteiger charge is 2.43. The number of ketones is 1. The molecule has 128 valence electrons. The van der Waals surface area contributed by atoms with E-state index in [2.05, 4.69) is 9.97 Å². The van der Waals surface area contributed by atoms with Crippen molar-refractivity contribution < 1.29 is 14.7 Å². The van der Waals surface area contributed by atoms with Gasteiger partial charge in [-0.3, -0.25) is 19.6 Å². The molecule has 0 fully saturated rings. The van der Waals surface area contributed by atoms with Crippen LogP contribution < -0.4 is 0 Å². The van der Waals surface area contributed by atoms with Crippen molar-refractivity contribution in [2.24, 2.45) is 5.92 Å². The number of carbonyl (C=O) groups is 2. The molecule has 1 atom stereocenters. The van der Waals surface area contributed by atoms with Crippen molar-refractivity contribution in [3.05, 3.63) is 71.5 Å². The first-order valence-electron chi connectivity index (χ1n) is 8.07. The van der Waals surface area contributed by atoms with Crippen LogP contribution in [0.15, 0.2) is 60.4 Å². The van der Waals surface area contributed by atoms with Crippen LogP contribution in [0.25, 0.3) is 0 Å². The first-order chi connectivity index (χ1) is 12.0. The average Bonchev–Trinajstić information content (AvgIpc) is 2.87. The minimum Gasteiger partial charge on any atom is -0.503 e. The molecular formula is C19H19N3O3. The maximum atomic E-state index is 12.7. The molecule has 0 bridgehead atoms. The van der Waals surface area contributed by atoms with E-state index >= 15 is 0 Å². The summed E-state index contributed by atoms with van der Waals surface area (Å²) in [7, 11) is 0. The fourth-order valence-electron chi connectivity index (χ4n) is 2.95. The van der Waals surface area contributed by atoms with Gasteiger partial charge in [0.15, 0.2) is 11.5 Å². The number of rotatable bonds is 5. The summed E-state index contributed by atoms with van der Waals surface area (Å²) in [6, 6.07) is 6.52. The van der Waals surface area contributed by atoms with Gasteiger partial charge in [-0.2, -0.15) is 0 Å². The summed E-state index contributed by atoms with van der Waals surface area (Å²) in [6.07, 6.45) is 6.55. The molecule has 0 aromatic carbocycles. The summed E-state index contributed by atoms with van der Waals surface area (Å²) in [5.41, 5.74) is 1.64. The van der Waals surface area contributed by atoms with Gasteiger partial charge in [0.05, 0.1) is 11.6 Å². The Morgan fingerprint density at radius 1 is 1.20 bits per heavy atom. The normalized spacial score (nSPS) is 17.5. The maximum absolute atomic E-state index is 12.7. The second kappa shape index (κ2) is 6.84. The molecule has 3 heterocycles. The van der Waals surface area contributed by atoms with Crippen LogP contribution in [0, 0.1) is 5.92 Å². The van der Waals surface area contributed by atoms with Crippen molar-refractivity contribution in [2.75, 3.05) is 0 Å². The Hall–Kier alpha value is -3.02. The minimum atomic E-state index is -0.656. The van der Waals surface area contributed by atoms with Crippen molar-refractivity contribution in [1.82, 2.24) is 14.9 Å². The van der Waals surface area contributed by atoms with E-state index in [0.29, 0.717) is 5.56 Å². The SMILES string of the molecule is CC(C)C(=O)C1=C(O)C(=O)N(Cc2cccnc2)C1c1cccnc1. The molecule has 1 amide bonds. The summed E-state index contributed by atoms with van der Waals surface area (Å²) in [4.78, 5) is 34.9. The van der Waals surface area contributed by atoms with E-state index in [9.17, 15) is 14.7 Å². The van der Waals surface area contributed by atoms with Gasteiger partial charge in [-0.1, -0.05) is 26.0 Å². The number of pyridine rings is 2. The largest absolute Gasteiger partial charge is 0.503 e. The lowest BCUT2D eigenvalue weighted by Gasteiger charge is -2.27. The van der Waals surface area contributed by atoms with Crippen LogP contribution in [0.5, 0.6) is 0 Å². The maximum Gasteiger partial charge on any atom is 0.290 e. The topological polar surface area (TPSA) is 83.4 Å². The van der Waals surface area contributed by atoms with E-state index in [1.54, 1.807) is 56.8 Å². The smallest absolute Gasteiger partial charge is 0.290 e. The number of amides is 1. The number of aliphatic hydroxyl groups excluding tert-OH is 1. The van der Waals surface area contributed by atoms with Gasteiger partial charge in [0.25, 0.3) is 5.91 Å². The number of Topliss-reactive ketones (excluding diaryl/α,β-unsaturated/α-hetero) is 1. The predicted molar refractivity (Wildman–Crippen MR) is 91.3 cm³/mol. The Morgan fingerprint density at radius 2 is 1.88 bits per heavy atom. The van der Waals surface area contributed by atoms with Gasteiger partial charge in [0, 0.05) is 37.3 Å². The summed E-state index contributed by atoms with van der Waals surface area (Å²) in [5, 5.41) is 10.4. The molecule has 2 aromatic heterocycles. The van der Waals surface area contributed by atoms with E-state index in [1.165, 1.54) is 4.90 Å². The number of nitrogens with zero attached hydrogens (tertiary/aromatic N) is 3. The van der Waals surface area contributed by atoms with E-state index in [4.69, 9.17) is 0 Å². The third-order valence-corrected chi connectivity index (χ3v) is 4.17. The van der Waals surface area contributed by atoms with E-state index < -0.39 is 17.7 Å². The molecule has 0 aliphatic carbocycles. The first-order valence-corrected chi connectivity index (χ1v) is 8.07. The van der Waals surface area contributed by atoms with Crippen molar-refractivity contribution in [3.8, 4) is 0 Å². The van der Waals surface area contributed by atoms with E-state index in [1.807, 2.05) is 6.07 Å². The van der Waals surface area contributed by atoms with Crippen LogP contribution in [0.2, 0.25) is 0 Å². The van der Waals surface area contributed by atoms with Crippen molar-refractivity contribution in [3.63, 3.8) is 0 Å². The molecule has 6 heteroatoms. The molecule has 1 N–H and O–H groups in total.